The van der Waals surface area contributed by atoms with Crippen LogP contribution in [-0.4, -0.2) is 36.0 Å². The predicted molar refractivity (Wildman–Crippen MR) is 115 cm³/mol. The summed E-state index contributed by atoms with van der Waals surface area (Å²) in [5.41, 5.74) is 4.46. The van der Waals surface area contributed by atoms with E-state index in [1.807, 2.05) is 42.2 Å². The van der Waals surface area contributed by atoms with Gasteiger partial charge in [-0.05, 0) is 56.9 Å². The molecule has 2 amide bonds. The molecule has 29 heavy (non-hydrogen) atoms. The molecule has 1 fully saturated rings. The second-order valence-electron chi connectivity index (χ2n) is 8.02. The summed E-state index contributed by atoms with van der Waals surface area (Å²) in [4.78, 5) is 30.2. The van der Waals surface area contributed by atoms with Gasteiger partial charge >= 0.3 is 0 Å². The molecule has 0 aromatic heterocycles. The molecule has 5 heteroatoms. The summed E-state index contributed by atoms with van der Waals surface area (Å²) in [6, 6.07) is 13.6. The van der Waals surface area contributed by atoms with E-state index in [1.165, 1.54) is 12.0 Å². The normalized spacial score (nSPS) is 18.7. The monoisotopic (exact) mass is 391 g/mol. The Morgan fingerprint density at radius 2 is 2.00 bits per heavy atom. The zero-order chi connectivity index (χ0) is 20.4. The molecule has 0 bridgehead atoms. The van der Waals surface area contributed by atoms with E-state index in [4.69, 9.17) is 0 Å². The topological polar surface area (TPSA) is 52.7 Å². The molecular formula is C24H29N3O2. The van der Waals surface area contributed by atoms with Gasteiger partial charge in [0.1, 0.15) is 6.17 Å². The zero-order valence-corrected chi connectivity index (χ0v) is 17.3. The molecule has 1 saturated heterocycles. The molecule has 2 heterocycles. The van der Waals surface area contributed by atoms with Crippen LogP contribution in [0.2, 0.25) is 0 Å². The molecule has 2 aliphatic rings. The zero-order valence-electron chi connectivity index (χ0n) is 17.3. The molecule has 152 valence electrons. The molecule has 1 unspecified atom stereocenters. The van der Waals surface area contributed by atoms with Crippen molar-refractivity contribution in [1.82, 2.24) is 10.2 Å². The number of carbonyl (C=O) groups excluding carboxylic acids is 2. The van der Waals surface area contributed by atoms with E-state index in [9.17, 15) is 9.59 Å². The quantitative estimate of drug-likeness (QED) is 0.853. The lowest BCUT2D eigenvalue weighted by Gasteiger charge is -2.44. The molecule has 0 saturated carbocycles. The summed E-state index contributed by atoms with van der Waals surface area (Å²) >= 11 is 0. The Morgan fingerprint density at radius 3 is 2.79 bits per heavy atom. The first kappa shape index (κ1) is 19.5. The summed E-state index contributed by atoms with van der Waals surface area (Å²) in [6.45, 7) is 6.29. The molecule has 0 aliphatic carbocycles. The standard InChI is InChI=1S/C24H29N3O2/c1-3-26-21-15-19(23(28)25-16-18-9-7-8-17(2)14-18)11-12-20(21)24(29)27-13-6-4-5-10-22(26)27/h7-9,11-12,14-15,22H,3-6,10,13,16H2,1-2H3,(H,25,28). The Kier molecular flexibility index (Phi) is 5.56. The van der Waals surface area contributed by atoms with Crippen molar-refractivity contribution < 1.29 is 9.59 Å². The van der Waals surface area contributed by atoms with Gasteiger partial charge in [0.15, 0.2) is 0 Å². The largest absolute Gasteiger partial charge is 0.351 e. The smallest absolute Gasteiger partial charge is 0.257 e. The molecule has 2 aliphatic heterocycles. The second kappa shape index (κ2) is 8.27. The summed E-state index contributed by atoms with van der Waals surface area (Å²) < 4.78 is 0. The summed E-state index contributed by atoms with van der Waals surface area (Å²) in [7, 11) is 0. The van der Waals surface area contributed by atoms with Gasteiger partial charge in [-0.15, -0.1) is 0 Å². The molecule has 5 nitrogen and oxygen atoms in total. The Hall–Kier alpha value is -2.82. The maximum absolute atomic E-state index is 13.1. The minimum absolute atomic E-state index is 0.100. The Labute approximate surface area is 172 Å². The van der Waals surface area contributed by atoms with E-state index in [0.29, 0.717) is 17.7 Å². The summed E-state index contributed by atoms with van der Waals surface area (Å²) in [5.74, 6) is -0.00979. The van der Waals surface area contributed by atoms with Gasteiger partial charge in [-0.25, -0.2) is 0 Å². The maximum atomic E-state index is 13.1. The van der Waals surface area contributed by atoms with Crippen molar-refractivity contribution in [2.75, 3.05) is 18.0 Å². The van der Waals surface area contributed by atoms with Crippen molar-refractivity contribution in [2.24, 2.45) is 0 Å². The lowest BCUT2D eigenvalue weighted by Crippen LogP contribution is -2.55. The minimum Gasteiger partial charge on any atom is -0.351 e. The summed E-state index contributed by atoms with van der Waals surface area (Å²) in [6.07, 6.45) is 4.46. The third-order valence-corrected chi connectivity index (χ3v) is 6.02. The van der Waals surface area contributed by atoms with Gasteiger partial charge in [0.2, 0.25) is 0 Å². The van der Waals surface area contributed by atoms with Crippen LogP contribution in [0.4, 0.5) is 5.69 Å². The van der Waals surface area contributed by atoms with Gasteiger partial charge in [-0.2, -0.15) is 0 Å². The predicted octanol–water partition coefficient (Wildman–Crippen LogP) is 4.11. The van der Waals surface area contributed by atoms with E-state index in [2.05, 4.69) is 23.2 Å². The second-order valence-corrected chi connectivity index (χ2v) is 8.02. The van der Waals surface area contributed by atoms with Crippen molar-refractivity contribution in [3.05, 3.63) is 64.7 Å². The van der Waals surface area contributed by atoms with E-state index >= 15 is 0 Å². The first-order valence-electron chi connectivity index (χ1n) is 10.6. The maximum Gasteiger partial charge on any atom is 0.257 e. The van der Waals surface area contributed by atoms with Gasteiger partial charge in [0, 0.05) is 25.2 Å². The minimum atomic E-state index is -0.110. The Bertz CT molecular complexity index is 924. The number of carbonyl (C=O) groups is 2. The number of hydrogen-bond acceptors (Lipinski definition) is 3. The highest BCUT2D eigenvalue weighted by atomic mass is 16.2. The molecular weight excluding hydrogens is 362 g/mol. The first-order chi connectivity index (χ1) is 14.1. The number of nitrogens with one attached hydrogen (secondary N) is 1. The van der Waals surface area contributed by atoms with Crippen molar-refractivity contribution in [2.45, 2.75) is 52.2 Å². The van der Waals surface area contributed by atoms with E-state index in [-0.39, 0.29) is 18.0 Å². The van der Waals surface area contributed by atoms with Gasteiger partial charge in [-0.3, -0.25) is 9.59 Å². The van der Waals surface area contributed by atoms with Crippen LogP contribution >= 0.6 is 0 Å². The molecule has 0 radical (unpaired) electrons. The molecule has 2 aromatic rings. The fourth-order valence-electron chi connectivity index (χ4n) is 4.55. The highest BCUT2D eigenvalue weighted by Crippen LogP contribution is 2.35. The molecule has 2 aromatic carbocycles. The van der Waals surface area contributed by atoms with Crippen molar-refractivity contribution in [1.29, 1.82) is 0 Å². The fourth-order valence-corrected chi connectivity index (χ4v) is 4.55. The molecule has 1 atom stereocenters. The third kappa shape index (κ3) is 3.86. The van der Waals surface area contributed by atoms with Gasteiger partial charge in [-0.1, -0.05) is 36.2 Å². The van der Waals surface area contributed by atoms with E-state index < -0.39 is 0 Å². The van der Waals surface area contributed by atoms with Gasteiger partial charge in [0.05, 0.1) is 11.3 Å². The average molecular weight is 392 g/mol. The first-order valence-corrected chi connectivity index (χ1v) is 10.6. The van der Waals surface area contributed by atoms with E-state index in [0.717, 1.165) is 43.6 Å². The number of nitrogens with zero attached hydrogens (tertiary/aromatic N) is 2. The molecule has 4 rings (SSSR count). The summed E-state index contributed by atoms with van der Waals surface area (Å²) in [5, 5.41) is 3.01. The number of hydrogen-bond donors (Lipinski definition) is 1. The van der Waals surface area contributed by atoms with Crippen LogP contribution in [-0.2, 0) is 6.54 Å². The number of amides is 2. The van der Waals surface area contributed by atoms with Crippen LogP contribution in [0.25, 0.3) is 0 Å². The number of benzene rings is 2. The fraction of sp³-hybridized carbons (Fsp3) is 0.417. The molecule has 0 spiro atoms. The lowest BCUT2D eigenvalue weighted by molar-refractivity contribution is 0.0656. The van der Waals surface area contributed by atoms with Gasteiger partial charge in [0.25, 0.3) is 11.8 Å². The third-order valence-electron chi connectivity index (χ3n) is 6.02. The highest BCUT2D eigenvalue weighted by molar-refractivity contribution is 6.04. The number of rotatable bonds is 4. The van der Waals surface area contributed by atoms with Crippen molar-refractivity contribution in [3.63, 3.8) is 0 Å². The van der Waals surface area contributed by atoms with Gasteiger partial charge < -0.3 is 15.1 Å². The van der Waals surface area contributed by atoms with Crippen LogP contribution in [0.3, 0.4) is 0 Å². The van der Waals surface area contributed by atoms with Crippen molar-refractivity contribution in [3.8, 4) is 0 Å². The highest BCUT2D eigenvalue weighted by Gasteiger charge is 2.37. The average Bonchev–Trinajstić information content (AvgIpc) is 2.98. The Morgan fingerprint density at radius 1 is 1.14 bits per heavy atom. The SMILES string of the molecule is CCN1c2cc(C(=O)NCc3cccc(C)c3)ccc2C(=O)N2CCCCCC21. The Balaban J connectivity index is 1.58. The number of anilines is 1. The van der Waals surface area contributed by atoms with Crippen LogP contribution in [0.1, 0.15) is 64.4 Å². The van der Waals surface area contributed by atoms with Crippen LogP contribution in [0.15, 0.2) is 42.5 Å². The molecule has 1 N–H and O–H groups in total. The van der Waals surface area contributed by atoms with E-state index in [1.54, 1.807) is 6.07 Å². The number of fused-ring (bicyclic) bond motifs is 2. The van der Waals surface area contributed by atoms with Crippen LogP contribution < -0.4 is 10.2 Å². The lowest BCUT2D eigenvalue weighted by atomic mass is 10.0. The van der Waals surface area contributed by atoms with Crippen LogP contribution in [0.5, 0.6) is 0 Å². The van der Waals surface area contributed by atoms with Crippen molar-refractivity contribution >= 4 is 17.5 Å². The number of aryl methyl sites for hydroxylation is 1. The van der Waals surface area contributed by atoms with Crippen LogP contribution in [0, 0.1) is 6.92 Å².